The number of hydrogen-bond donors (Lipinski definition) is 2. The van der Waals surface area contributed by atoms with Crippen LogP contribution in [-0.2, 0) is 29.4 Å². The zero-order chi connectivity index (χ0) is 16.6. The molecule has 131 valence electrons. The molecule has 1 aromatic heterocycles. The first-order valence-electron chi connectivity index (χ1n) is 5.73. The van der Waals surface area contributed by atoms with E-state index in [1.54, 1.807) is 0 Å². The molecule has 0 saturated carbocycles. The van der Waals surface area contributed by atoms with Gasteiger partial charge in [-0.05, 0) is 19.9 Å². The minimum Gasteiger partial charge on any atom is -0.393 e. The molecule has 1 radical (unpaired) electrons. The minimum absolute atomic E-state index is 0. The third-order valence-electron chi connectivity index (χ3n) is 2.67. The van der Waals surface area contributed by atoms with Crippen molar-refractivity contribution in [1.29, 1.82) is 0 Å². The SMILES string of the molecule is CC(O)C(c1cc(C(F)(F)F)nc(C(F)(F)F)n1)C(C)O.[Cu]. The van der Waals surface area contributed by atoms with E-state index in [4.69, 9.17) is 0 Å². The molecule has 4 nitrogen and oxygen atoms in total. The van der Waals surface area contributed by atoms with Crippen molar-refractivity contribution in [2.45, 2.75) is 44.3 Å². The van der Waals surface area contributed by atoms with Crippen LogP contribution in [0.25, 0.3) is 0 Å². The number of aliphatic hydroxyl groups is 2. The molecule has 0 amide bonds. The van der Waals surface area contributed by atoms with E-state index in [0.717, 1.165) is 13.8 Å². The van der Waals surface area contributed by atoms with Crippen molar-refractivity contribution < 1.29 is 53.6 Å². The third-order valence-corrected chi connectivity index (χ3v) is 2.67. The molecule has 2 atom stereocenters. The number of hydrogen-bond acceptors (Lipinski definition) is 4. The first-order valence-corrected chi connectivity index (χ1v) is 5.73. The van der Waals surface area contributed by atoms with E-state index in [0.29, 0.717) is 6.07 Å². The van der Waals surface area contributed by atoms with Gasteiger partial charge in [0.05, 0.1) is 23.8 Å². The van der Waals surface area contributed by atoms with Crippen molar-refractivity contribution in [3.05, 3.63) is 23.3 Å². The van der Waals surface area contributed by atoms with Crippen molar-refractivity contribution in [3.8, 4) is 0 Å². The maximum absolute atomic E-state index is 12.6. The quantitative estimate of drug-likeness (QED) is 0.623. The van der Waals surface area contributed by atoms with Crippen LogP contribution in [0.1, 0.15) is 37.0 Å². The van der Waals surface area contributed by atoms with Gasteiger partial charge in [0, 0.05) is 17.1 Å². The molecule has 2 N–H and O–H groups in total. The van der Waals surface area contributed by atoms with Crippen molar-refractivity contribution in [3.63, 3.8) is 0 Å². The van der Waals surface area contributed by atoms with E-state index in [1.807, 2.05) is 0 Å². The van der Waals surface area contributed by atoms with Gasteiger partial charge in [0.1, 0.15) is 5.69 Å². The van der Waals surface area contributed by atoms with Gasteiger partial charge in [-0.1, -0.05) is 0 Å². The van der Waals surface area contributed by atoms with Gasteiger partial charge in [0.15, 0.2) is 0 Å². The van der Waals surface area contributed by atoms with Crippen LogP contribution in [0.2, 0.25) is 0 Å². The summed E-state index contributed by atoms with van der Waals surface area (Å²) < 4.78 is 75.6. The van der Waals surface area contributed by atoms with Crippen LogP contribution in [0.3, 0.4) is 0 Å². The summed E-state index contributed by atoms with van der Waals surface area (Å²) in [5, 5.41) is 18.9. The van der Waals surface area contributed by atoms with Crippen molar-refractivity contribution in [2.24, 2.45) is 0 Å². The zero-order valence-corrected chi connectivity index (χ0v) is 12.1. The maximum atomic E-state index is 12.6. The van der Waals surface area contributed by atoms with E-state index >= 15 is 0 Å². The average molecular weight is 382 g/mol. The summed E-state index contributed by atoms with van der Waals surface area (Å²) in [6.45, 7) is 2.25. The molecule has 0 aliphatic rings. The van der Waals surface area contributed by atoms with Gasteiger partial charge in [-0.25, -0.2) is 9.97 Å². The van der Waals surface area contributed by atoms with Crippen molar-refractivity contribution in [1.82, 2.24) is 9.97 Å². The molecule has 0 spiro atoms. The Morgan fingerprint density at radius 2 is 1.36 bits per heavy atom. The Morgan fingerprint density at radius 3 is 1.68 bits per heavy atom. The molecule has 0 aromatic carbocycles. The topological polar surface area (TPSA) is 66.2 Å². The number of aromatic nitrogens is 2. The number of alkyl halides is 6. The molecule has 0 fully saturated rings. The van der Waals surface area contributed by atoms with E-state index < -0.39 is 47.7 Å². The van der Waals surface area contributed by atoms with Crippen LogP contribution in [0, 0.1) is 0 Å². The summed E-state index contributed by atoms with van der Waals surface area (Å²) in [7, 11) is 0. The molecule has 0 aliphatic heterocycles. The van der Waals surface area contributed by atoms with Gasteiger partial charge >= 0.3 is 12.4 Å². The number of nitrogens with zero attached hydrogens (tertiary/aromatic N) is 2. The van der Waals surface area contributed by atoms with Crippen molar-refractivity contribution >= 4 is 0 Å². The van der Waals surface area contributed by atoms with E-state index in [-0.39, 0.29) is 17.1 Å². The monoisotopic (exact) mass is 381 g/mol. The Hall–Kier alpha value is -0.901. The molecule has 0 bridgehead atoms. The summed E-state index contributed by atoms with van der Waals surface area (Å²) in [6, 6.07) is 0.291. The average Bonchev–Trinajstić information content (AvgIpc) is 2.25. The largest absolute Gasteiger partial charge is 0.451 e. The van der Waals surface area contributed by atoms with Gasteiger partial charge in [0.25, 0.3) is 0 Å². The van der Waals surface area contributed by atoms with E-state index in [1.165, 1.54) is 0 Å². The normalized spacial score (nSPS) is 16.6. The molecule has 0 saturated heterocycles. The molecule has 22 heavy (non-hydrogen) atoms. The predicted molar refractivity (Wildman–Crippen MR) is 58.1 cm³/mol. The Morgan fingerprint density at radius 1 is 0.909 bits per heavy atom. The minimum atomic E-state index is -5.18. The fourth-order valence-corrected chi connectivity index (χ4v) is 1.81. The van der Waals surface area contributed by atoms with Crippen LogP contribution in [0.5, 0.6) is 0 Å². The van der Waals surface area contributed by atoms with Crippen molar-refractivity contribution in [2.75, 3.05) is 0 Å². The number of rotatable bonds is 3. The first kappa shape index (κ1) is 21.1. The molecular weight excluding hydrogens is 370 g/mol. The van der Waals surface area contributed by atoms with E-state index in [9.17, 15) is 36.6 Å². The number of halogens is 6. The summed E-state index contributed by atoms with van der Waals surface area (Å²) in [5.74, 6) is -3.38. The second-order valence-electron chi connectivity index (χ2n) is 4.50. The first-order chi connectivity index (χ1) is 9.34. The number of aliphatic hydroxyl groups excluding tert-OH is 2. The zero-order valence-electron chi connectivity index (χ0n) is 11.2. The van der Waals surface area contributed by atoms with E-state index in [2.05, 4.69) is 9.97 Å². The smallest absolute Gasteiger partial charge is 0.393 e. The molecule has 2 unspecified atom stereocenters. The van der Waals surface area contributed by atoms with Gasteiger partial charge in [-0.15, -0.1) is 0 Å². The summed E-state index contributed by atoms with van der Waals surface area (Å²) in [4.78, 5) is 5.46. The molecular formula is C11H12CuF6N2O2. The fourth-order valence-electron chi connectivity index (χ4n) is 1.81. The fraction of sp³-hybridized carbons (Fsp3) is 0.636. The molecule has 1 heterocycles. The Labute approximate surface area is 132 Å². The van der Waals surface area contributed by atoms with Crippen LogP contribution >= 0.6 is 0 Å². The summed E-state index contributed by atoms with van der Waals surface area (Å²) in [6.07, 6.45) is -13.1. The predicted octanol–water partition coefficient (Wildman–Crippen LogP) is 2.36. The van der Waals surface area contributed by atoms with Crippen LogP contribution in [0.15, 0.2) is 6.07 Å². The second kappa shape index (κ2) is 7.12. The third kappa shape index (κ3) is 5.08. The molecule has 11 heteroatoms. The van der Waals surface area contributed by atoms with Crippen LogP contribution < -0.4 is 0 Å². The Balaban J connectivity index is 0.00000441. The summed E-state index contributed by atoms with van der Waals surface area (Å²) in [5.41, 5.74) is -2.51. The standard InChI is InChI=1S/C11H12F6N2O2.Cu/c1-4(20)8(5(2)21)6-3-7(10(12,13)14)19-9(18-6)11(15,16)17;/h3-5,8,20-21H,1-2H3;. The van der Waals surface area contributed by atoms with Gasteiger partial charge < -0.3 is 10.2 Å². The summed E-state index contributed by atoms with van der Waals surface area (Å²) >= 11 is 0. The van der Waals surface area contributed by atoms with Crippen LogP contribution in [0.4, 0.5) is 26.3 Å². The van der Waals surface area contributed by atoms with Crippen LogP contribution in [-0.4, -0.2) is 32.4 Å². The Kier molecular flexibility index (Phi) is 6.82. The maximum Gasteiger partial charge on any atom is 0.451 e. The van der Waals surface area contributed by atoms with Gasteiger partial charge in [-0.3, -0.25) is 0 Å². The van der Waals surface area contributed by atoms with Gasteiger partial charge in [-0.2, -0.15) is 26.3 Å². The molecule has 0 aliphatic carbocycles. The molecule has 1 rings (SSSR count). The second-order valence-corrected chi connectivity index (χ2v) is 4.50. The molecule has 1 aromatic rings. The van der Waals surface area contributed by atoms with Gasteiger partial charge in [0.2, 0.25) is 5.82 Å². The Bertz CT molecular complexity index is 464.